The molecule has 9 nitrogen and oxygen atoms in total. The molecule has 2 aliphatic heterocycles. The summed E-state index contributed by atoms with van der Waals surface area (Å²) in [7, 11) is 4.56. The van der Waals surface area contributed by atoms with Crippen molar-refractivity contribution >= 4 is 28.8 Å². The second kappa shape index (κ2) is 9.36. The van der Waals surface area contributed by atoms with E-state index in [1.165, 1.54) is 27.6 Å². The molecule has 9 heteroatoms. The quantitative estimate of drug-likeness (QED) is 0.204. The molecule has 0 saturated carbocycles. The first-order valence-electron chi connectivity index (χ1n) is 12.0. The Morgan fingerprint density at radius 2 is 1.69 bits per heavy atom. The second-order valence-electron chi connectivity index (χ2n) is 9.02. The Hall–Kier alpha value is -5.05. The molecule has 2 aliphatic rings. The van der Waals surface area contributed by atoms with E-state index in [1.54, 1.807) is 54.6 Å². The van der Waals surface area contributed by atoms with Crippen LogP contribution < -0.4 is 29.1 Å². The summed E-state index contributed by atoms with van der Waals surface area (Å²) in [5.74, 6) is 0.484. The van der Waals surface area contributed by atoms with Gasteiger partial charge in [-0.15, -0.1) is 0 Å². The summed E-state index contributed by atoms with van der Waals surface area (Å²) in [6, 6.07) is 13.2. The summed E-state index contributed by atoms with van der Waals surface area (Å²) >= 11 is 0. The van der Waals surface area contributed by atoms with Crippen molar-refractivity contribution < 1.29 is 37.7 Å². The molecule has 0 aliphatic carbocycles. The molecule has 0 bridgehead atoms. The molecule has 4 aromatic rings. The molecule has 0 fully saturated rings. The van der Waals surface area contributed by atoms with Crippen LogP contribution in [0.1, 0.15) is 39.4 Å². The minimum absolute atomic E-state index is 0.0801. The van der Waals surface area contributed by atoms with E-state index in [0.29, 0.717) is 44.9 Å². The number of esters is 1. The van der Waals surface area contributed by atoms with Gasteiger partial charge in [-0.3, -0.25) is 14.4 Å². The Morgan fingerprint density at radius 3 is 2.46 bits per heavy atom. The molecule has 39 heavy (non-hydrogen) atoms. The maximum Gasteiger partial charge on any atom is 0.312 e. The summed E-state index contributed by atoms with van der Waals surface area (Å²) in [4.78, 5) is 39.5. The maximum atomic E-state index is 13.6. The largest absolute Gasteiger partial charge is 0.497 e. The lowest BCUT2D eigenvalue weighted by atomic mass is 9.85. The fraction of sp³-hybridized carbons (Fsp3) is 0.167. The fourth-order valence-corrected chi connectivity index (χ4v) is 4.96. The van der Waals surface area contributed by atoms with Crippen molar-refractivity contribution in [3.05, 3.63) is 93.0 Å². The third-order valence-corrected chi connectivity index (χ3v) is 6.87. The van der Waals surface area contributed by atoms with Gasteiger partial charge in [0.2, 0.25) is 5.78 Å². The number of ether oxygens (including phenoxy) is 5. The number of benzene rings is 3. The molecular weight excluding hydrogens is 504 g/mol. The van der Waals surface area contributed by atoms with Gasteiger partial charge >= 0.3 is 5.97 Å². The van der Waals surface area contributed by atoms with Crippen LogP contribution in [0.4, 0.5) is 0 Å². The van der Waals surface area contributed by atoms with Crippen LogP contribution in [0.5, 0.6) is 28.7 Å². The summed E-state index contributed by atoms with van der Waals surface area (Å²) in [5, 5.41) is 0.311. The van der Waals surface area contributed by atoms with Gasteiger partial charge in [-0.05, 0) is 54.1 Å². The van der Waals surface area contributed by atoms with E-state index in [9.17, 15) is 14.4 Å². The SMILES string of the molecule is COc1ccc2occ([C@H]3CC(=O)Oc4ccc5c(c43)O/C(=C\c3ccc(OC)c(OC)c3)C5=O)c(=O)c2c1. The van der Waals surface area contributed by atoms with Crippen LogP contribution in [0.25, 0.3) is 17.0 Å². The van der Waals surface area contributed by atoms with Gasteiger partial charge in [0.1, 0.15) is 22.8 Å². The summed E-state index contributed by atoms with van der Waals surface area (Å²) < 4.78 is 33.2. The Kier molecular flexibility index (Phi) is 5.83. The van der Waals surface area contributed by atoms with E-state index in [2.05, 4.69) is 0 Å². The van der Waals surface area contributed by atoms with Crippen molar-refractivity contribution in [2.45, 2.75) is 12.3 Å². The van der Waals surface area contributed by atoms with Crippen LogP contribution in [0.15, 0.2) is 69.8 Å². The normalized spacial score (nSPS) is 16.9. The lowest BCUT2D eigenvalue weighted by Crippen LogP contribution is -2.25. The van der Waals surface area contributed by atoms with Crippen LogP contribution in [-0.4, -0.2) is 33.1 Å². The minimum atomic E-state index is -0.753. The summed E-state index contributed by atoms with van der Waals surface area (Å²) in [5.41, 5.74) is 1.71. The molecule has 0 unspecified atom stereocenters. The zero-order valence-corrected chi connectivity index (χ0v) is 21.2. The second-order valence-corrected chi connectivity index (χ2v) is 9.02. The van der Waals surface area contributed by atoms with Gasteiger partial charge in [0.15, 0.2) is 22.7 Å². The molecule has 0 saturated heterocycles. The number of Topliss-reactive ketones (excluding diaryl/α,β-unsaturated/α-hetero) is 1. The zero-order valence-electron chi connectivity index (χ0n) is 21.2. The van der Waals surface area contributed by atoms with Gasteiger partial charge in [0.25, 0.3) is 0 Å². The predicted octanol–water partition coefficient (Wildman–Crippen LogP) is 4.88. The number of allylic oxidation sites excluding steroid dienone is 1. The molecule has 3 aromatic carbocycles. The lowest BCUT2D eigenvalue weighted by Gasteiger charge is -2.25. The van der Waals surface area contributed by atoms with Gasteiger partial charge in [-0.2, -0.15) is 0 Å². The van der Waals surface area contributed by atoms with Crippen molar-refractivity contribution in [3.8, 4) is 28.7 Å². The van der Waals surface area contributed by atoms with Gasteiger partial charge in [0.05, 0.1) is 45.0 Å². The van der Waals surface area contributed by atoms with Crippen molar-refractivity contribution in [2.75, 3.05) is 21.3 Å². The highest BCUT2D eigenvalue weighted by Crippen LogP contribution is 2.48. The molecule has 0 amide bonds. The first-order valence-corrected chi connectivity index (χ1v) is 12.0. The molecule has 196 valence electrons. The lowest BCUT2D eigenvalue weighted by molar-refractivity contribution is -0.135. The van der Waals surface area contributed by atoms with E-state index in [4.69, 9.17) is 28.1 Å². The summed E-state index contributed by atoms with van der Waals surface area (Å²) in [6.45, 7) is 0. The molecule has 0 spiro atoms. The van der Waals surface area contributed by atoms with E-state index in [-0.39, 0.29) is 40.5 Å². The molecular formula is C30H22O9. The average molecular weight is 526 g/mol. The Morgan fingerprint density at radius 1 is 0.872 bits per heavy atom. The van der Waals surface area contributed by atoms with E-state index < -0.39 is 11.9 Å². The highest BCUT2D eigenvalue weighted by Gasteiger charge is 2.39. The van der Waals surface area contributed by atoms with Crippen molar-refractivity contribution in [1.82, 2.24) is 0 Å². The van der Waals surface area contributed by atoms with Crippen LogP contribution in [0.3, 0.4) is 0 Å². The van der Waals surface area contributed by atoms with Gasteiger partial charge < -0.3 is 28.1 Å². The van der Waals surface area contributed by atoms with Gasteiger partial charge in [-0.25, -0.2) is 0 Å². The number of carbonyl (C=O) groups is 2. The molecule has 3 heterocycles. The minimum Gasteiger partial charge on any atom is -0.497 e. The number of carbonyl (C=O) groups excluding carboxylic acids is 2. The third-order valence-electron chi connectivity index (χ3n) is 6.87. The van der Waals surface area contributed by atoms with Crippen molar-refractivity contribution in [3.63, 3.8) is 0 Å². The smallest absolute Gasteiger partial charge is 0.312 e. The zero-order chi connectivity index (χ0) is 27.3. The Bertz CT molecular complexity index is 1760. The van der Waals surface area contributed by atoms with E-state index >= 15 is 0 Å². The number of ketones is 1. The van der Waals surface area contributed by atoms with Crippen LogP contribution in [0, 0.1) is 0 Å². The Balaban J connectivity index is 1.46. The van der Waals surface area contributed by atoms with Crippen LogP contribution >= 0.6 is 0 Å². The van der Waals surface area contributed by atoms with E-state index in [0.717, 1.165) is 0 Å². The molecule has 0 radical (unpaired) electrons. The number of hydrogen-bond acceptors (Lipinski definition) is 9. The number of rotatable bonds is 5. The molecule has 1 atom stereocenters. The number of fused-ring (bicyclic) bond motifs is 4. The maximum absolute atomic E-state index is 13.6. The van der Waals surface area contributed by atoms with Gasteiger partial charge in [0, 0.05) is 17.0 Å². The van der Waals surface area contributed by atoms with Gasteiger partial charge in [-0.1, -0.05) is 6.07 Å². The predicted molar refractivity (Wildman–Crippen MR) is 140 cm³/mol. The molecule has 1 aromatic heterocycles. The first-order chi connectivity index (χ1) is 18.9. The number of hydrogen-bond donors (Lipinski definition) is 0. The first kappa shape index (κ1) is 24.3. The average Bonchev–Trinajstić information content (AvgIpc) is 3.27. The topological polar surface area (TPSA) is 110 Å². The fourth-order valence-electron chi connectivity index (χ4n) is 4.96. The van der Waals surface area contributed by atoms with E-state index in [1.807, 2.05) is 0 Å². The third kappa shape index (κ3) is 3.99. The Labute approximate surface area is 222 Å². The molecule has 6 rings (SSSR count). The monoisotopic (exact) mass is 526 g/mol. The van der Waals surface area contributed by atoms with Crippen LogP contribution in [-0.2, 0) is 4.79 Å². The molecule has 0 N–H and O–H groups in total. The van der Waals surface area contributed by atoms with Crippen molar-refractivity contribution in [1.29, 1.82) is 0 Å². The van der Waals surface area contributed by atoms with Crippen LogP contribution in [0.2, 0.25) is 0 Å². The number of methoxy groups -OCH3 is 3. The highest BCUT2D eigenvalue weighted by atomic mass is 16.5. The standard InChI is InChI=1S/C30H22O9/c1-34-16-5-8-21-19(12-16)28(32)20(14-37-21)18-13-26(31)38-23-9-6-17-29(33)25(39-30(17)27(18)23)11-15-4-7-22(35-2)24(10-15)36-3/h4-12,14,18H,13H2,1-3H3/b25-11-/t18-/m1/s1. The summed E-state index contributed by atoms with van der Waals surface area (Å²) in [6.07, 6.45) is 2.81. The van der Waals surface area contributed by atoms with Crippen molar-refractivity contribution in [2.24, 2.45) is 0 Å². The highest BCUT2D eigenvalue weighted by molar-refractivity contribution is 6.15.